The summed E-state index contributed by atoms with van der Waals surface area (Å²) < 4.78 is 0. The van der Waals surface area contributed by atoms with Crippen LogP contribution in [0.15, 0.2) is 42.5 Å². The van der Waals surface area contributed by atoms with Gasteiger partial charge in [0.2, 0.25) is 0 Å². The number of hydrogen-bond donors (Lipinski definition) is 1. The van der Waals surface area contributed by atoms with Crippen LogP contribution >= 0.6 is 0 Å². The standard InChI is InChI=1S/C20H24N4O3/c1-22(2)17-8-5-15(6-9-17)14-21-20(25)16-7-10-18(19(13-16)24(26)27)23-11-3-4-12-23/h5-10,13H,3-4,11-12,14H2,1-2H3,(H,21,25). The van der Waals surface area contributed by atoms with E-state index >= 15 is 0 Å². The van der Waals surface area contributed by atoms with Crippen molar-refractivity contribution in [1.82, 2.24) is 5.32 Å². The molecule has 1 aliphatic rings. The van der Waals surface area contributed by atoms with Crippen LogP contribution in [-0.4, -0.2) is 38.0 Å². The molecule has 2 aromatic rings. The Labute approximate surface area is 158 Å². The molecule has 1 amide bonds. The van der Waals surface area contributed by atoms with E-state index in [2.05, 4.69) is 5.32 Å². The first-order valence-electron chi connectivity index (χ1n) is 9.03. The molecule has 1 N–H and O–H groups in total. The number of nitrogens with one attached hydrogen (secondary N) is 1. The van der Waals surface area contributed by atoms with Gasteiger partial charge in [0.25, 0.3) is 11.6 Å². The molecule has 0 atom stereocenters. The highest BCUT2D eigenvalue weighted by atomic mass is 16.6. The summed E-state index contributed by atoms with van der Waals surface area (Å²) in [6.45, 7) is 2.00. The van der Waals surface area contributed by atoms with Crippen LogP contribution in [0.4, 0.5) is 17.1 Å². The van der Waals surface area contributed by atoms with Gasteiger partial charge in [-0.25, -0.2) is 0 Å². The van der Waals surface area contributed by atoms with Crippen molar-refractivity contribution in [3.8, 4) is 0 Å². The summed E-state index contributed by atoms with van der Waals surface area (Å²) in [5, 5.41) is 14.3. The van der Waals surface area contributed by atoms with Gasteiger partial charge in [-0.2, -0.15) is 0 Å². The van der Waals surface area contributed by atoms with Crippen molar-refractivity contribution < 1.29 is 9.72 Å². The maximum Gasteiger partial charge on any atom is 0.293 e. The number of hydrogen-bond acceptors (Lipinski definition) is 5. The molecule has 1 fully saturated rings. The smallest absolute Gasteiger partial charge is 0.293 e. The van der Waals surface area contributed by atoms with Gasteiger partial charge in [-0.05, 0) is 42.7 Å². The zero-order chi connectivity index (χ0) is 19.4. The highest BCUT2D eigenvalue weighted by Crippen LogP contribution is 2.31. The lowest BCUT2D eigenvalue weighted by Crippen LogP contribution is -2.24. The Morgan fingerprint density at radius 1 is 1.15 bits per heavy atom. The molecule has 0 aliphatic carbocycles. The molecule has 2 aromatic carbocycles. The Hall–Kier alpha value is -3.09. The van der Waals surface area contributed by atoms with Crippen LogP contribution in [0.5, 0.6) is 0 Å². The molecule has 7 nitrogen and oxygen atoms in total. The molecular weight excluding hydrogens is 344 g/mol. The van der Waals surface area contributed by atoms with E-state index in [0.29, 0.717) is 17.8 Å². The summed E-state index contributed by atoms with van der Waals surface area (Å²) in [4.78, 5) is 27.5. The zero-order valence-electron chi connectivity index (χ0n) is 15.6. The Kier molecular flexibility index (Phi) is 5.59. The Morgan fingerprint density at radius 2 is 1.81 bits per heavy atom. The summed E-state index contributed by atoms with van der Waals surface area (Å²) in [7, 11) is 3.94. The summed E-state index contributed by atoms with van der Waals surface area (Å²) >= 11 is 0. The van der Waals surface area contributed by atoms with Gasteiger partial charge in [0.1, 0.15) is 5.69 Å². The zero-order valence-corrected chi connectivity index (χ0v) is 15.6. The Bertz CT molecular complexity index is 828. The summed E-state index contributed by atoms with van der Waals surface area (Å²) in [5.74, 6) is -0.317. The number of anilines is 2. The summed E-state index contributed by atoms with van der Waals surface area (Å²) in [6.07, 6.45) is 2.07. The van der Waals surface area contributed by atoms with Gasteiger partial charge in [0, 0.05) is 51.0 Å². The van der Waals surface area contributed by atoms with Crippen molar-refractivity contribution in [2.75, 3.05) is 37.0 Å². The second-order valence-corrected chi connectivity index (χ2v) is 6.90. The Morgan fingerprint density at radius 3 is 2.41 bits per heavy atom. The molecule has 0 bridgehead atoms. The van der Waals surface area contributed by atoms with E-state index in [9.17, 15) is 14.9 Å². The second-order valence-electron chi connectivity index (χ2n) is 6.90. The van der Waals surface area contributed by atoms with Crippen LogP contribution in [0.3, 0.4) is 0 Å². The van der Waals surface area contributed by atoms with Crippen molar-refractivity contribution in [1.29, 1.82) is 0 Å². The number of amides is 1. The number of nitrogens with zero attached hydrogens (tertiary/aromatic N) is 3. The van der Waals surface area contributed by atoms with Gasteiger partial charge >= 0.3 is 0 Å². The average molecular weight is 368 g/mol. The van der Waals surface area contributed by atoms with E-state index in [1.807, 2.05) is 48.2 Å². The lowest BCUT2D eigenvalue weighted by Gasteiger charge is -2.18. The topological polar surface area (TPSA) is 78.7 Å². The highest BCUT2D eigenvalue weighted by Gasteiger charge is 2.23. The fourth-order valence-corrected chi connectivity index (χ4v) is 3.23. The first-order chi connectivity index (χ1) is 13.0. The van der Waals surface area contributed by atoms with Gasteiger partial charge in [0.05, 0.1) is 4.92 Å². The third-order valence-electron chi connectivity index (χ3n) is 4.79. The molecule has 0 spiro atoms. The van der Waals surface area contributed by atoms with Gasteiger partial charge in [-0.1, -0.05) is 12.1 Å². The van der Waals surface area contributed by atoms with Gasteiger partial charge in [-0.3, -0.25) is 14.9 Å². The fraction of sp³-hybridized carbons (Fsp3) is 0.350. The van der Waals surface area contributed by atoms with E-state index in [1.165, 1.54) is 6.07 Å². The third-order valence-corrected chi connectivity index (χ3v) is 4.79. The molecule has 7 heteroatoms. The van der Waals surface area contributed by atoms with E-state index in [-0.39, 0.29) is 11.6 Å². The van der Waals surface area contributed by atoms with E-state index in [1.54, 1.807) is 12.1 Å². The second kappa shape index (κ2) is 8.07. The van der Waals surface area contributed by atoms with Crippen LogP contribution in [0.25, 0.3) is 0 Å². The van der Waals surface area contributed by atoms with Crippen molar-refractivity contribution in [2.45, 2.75) is 19.4 Å². The van der Waals surface area contributed by atoms with Gasteiger partial charge in [-0.15, -0.1) is 0 Å². The van der Waals surface area contributed by atoms with Crippen molar-refractivity contribution in [2.24, 2.45) is 0 Å². The first kappa shape index (κ1) is 18.7. The van der Waals surface area contributed by atoms with E-state index in [4.69, 9.17) is 0 Å². The number of nitro benzene ring substituents is 1. The lowest BCUT2D eigenvalue weighted by atomic mass is 10.1. The minimum atomic E-state index is -0.412. The highest BCUT2D eigenvalue weighted by molar-refractivity contribution is 5.95. The summed E-state index contributed by atoms with van der Waals surface area (Å²) in [5.41, 5.74) is 2.93. The molecule has 1 heterocycles. The van der Waals surface area contributed by atoms with Crippen LogP contribution in [-0.2, 0) is 6.54 Å². The molecule has 3 rings (SSSR count). The normalized spacial score (nSPS) is 13.5. The van der Waals surface area contributed by atoms with Crippen LogP contribution in [0.2, 0.25) is 0 Å². The molecule has 0 aromatic heterocycles. The number of carbonyl (C=O) groups is 1. The number of benzene rings is 2. The van der Waals surface area contributed by atoms with Gasteiger partial charge < -0.3 is 15.1 Å². The van der Waals surface area contributed by atoms with Crippen molar-refractivity contribution >= 4 is 23.0 Å². The average Bonchev–Trinajstić information content (AvgIpc) is 3.20. The maximum absolute atomic E-state index is 12.4. The maximum atomic E-state index is 12.4. The van der Waals surface area contributed by atoms with Crippen molar-refractivity contribution in [3.63, 3.8) is 0 Å². The molecule has 0 unspecified atom stereocenters. The van der Waals surface area contributed by atoms with Crippen LogP contribution in [0, 0.1) is 10.1 Å². The molecule has 1 saturated heterocycles. The predicted octanol–water partition coefficient (Wildman–Crippen LogP) is 3.19. The molecular formula is C20H24N4O3. The summed E-state index contributed by atoms with van der Waals surface area (Å²) in [6, 6.07) is 12.6. The number of rotatable bonds is 6. The molecule has 0 saturated carbocycles. The first-order valence-corrected chi connectivity index (χ1v) is 9.03. The largest absolute Gasteiger partial charge is 0.378 e. The van der Waals surface area contributed by atoms with Gasteiger partial charge in [0.15, 0.2) is 0 Å². The molecule has 142 valence electrons. The van der Waals surface area contributed by atoms with E-state index < -0.39 is 4.92 Å². The molecule has 27 heavy (non-hydrogen) atoms. The SMILES string of the molecule is CN(C)c1ccc(CNC(=O)c2ccc(N3CCCC3)c([N+](=O)[O-])c2)cc1. The number of nitro groups is 1. The third kappa shape index (κ3) is 4.36. The minimum absolute atomic E-state index is 0.0140. The quantitative estimate of drug-likeness (QED) is 0.626. The Balaban J connectivity index is 1.70. The fourth-order valence-electron chi connectivity index (χ4n) is 3.23. The van der Waals surface area contributed by atoms with Crippen molar-refractivity contribution in [3.05, 3.63) is 63.7 Å². The van der Waals surface area contributed by atoms with Crippen LogP contribution < -0.4 is 15.1 Å². The van der Waals surface area contributed by atoms with Crippen LogP contribution in [0.1, 0.15) is 28.8 Å². The van der Waals surface area contributed by atoms with E-state index in [0.717, 1.165) is 37.2 Å². The predicted molar refractivity (Wildman–Crippen MR) is 106 cm³/mol. The lowest BCUT2D eigenvalue weighted by molar-refractivity contribution is -0.384. The molecule has 0 radical (unpaired) electrons. The minimum Gasteiger partial charge on any atom is -0.378 e. The molecule has 1 aliphatic heterocycles. The monoisotopic (exact) mass is 368 g/mol. The number of carbonyl (C=O) groups excluding carboxylic acids is 1.